The Morgan fingerprint density at radius 2 is 2.06 bits per heavy atom. The number of nitrogen functional groups attached to an aromatic ring is 1. The van der Waals surface area contributed by atoms with Gasteiger partial charge in [0.1, 0.15) is 0 Å². The van der Waals surface area contributed by atoms with E-state index in [-0.39, 0.29) is 0 Å². The highest BCUT2D eigenvalue weighted by Crippen LogP contribution is 2.31. The first-order chi connectivity index (χ1) is 7.99. The average Bonchev–Trinajstić information content (AvgIpc) is 2.25. The van der Waals surface area contributed by atoms with Crippen LogP contribution < -0.4 is 11.1 Å². The molecule has 0 unspecified atom stereocenters. The van der Waals surface area contributed by atoms with Crippen LogP contribution in [0.15, 0.2) is 41.4 Å². The average molecular weight is 244 g/mol. The first kappa shape index (κ1) is 11.9. The van der Waals surface area contributed by atoms with E-state index in [2.05, 4.69) is 36.7 Å². The molecule has 2 aromatic carbocycles. The van der Waals surface area contributed by atoms with Gasteiger partial charge in [0.15, 0.2) is 0 Å². The molecule has 0 fully saturated rings. The van der Waals surface area contributed by atoms with E-state index in [0.717, 1.165) is 38.3 Å². The van der Waals surface area contributed by atoms with Gasteiger partial charge in [-0.3, -0.25) is 0 Å². The SMILES string of the molecule is C=C(C)Nc1ccc2c(C)c(N)c(S)cc2c1. The summed E-state index contributed by atoms with van der Waals surface area (Å²) in [4.78, 5) is 0.822. The van der Waals surface area contributed by atoms with E-state index in [9.17, 15) is 0 Å². The number of allylic oxidation sites excluding steroid dienone is 1. The maximum absolute atomic E-state index is 5.96. The summed E-state index contributed by atoms with van der Waals surface area (Å²) in [5.74, 6) is 0. The van der Waals surface area contributed by atoms with Crippen molar-refractivity contribution in [2.24, 2.45) is 0 Å². The van der Waals surface area contributed by atoms with Gasteiger partial charge in [-0.05, 0) is 48.4 Å². The summed E-state index contributed by atoms with van der Waals surface area (Å²) in [6.45, 7) is 7.78. The summed E-state index contributed by atoms with van der Waals surface area (Å²) >= 11 is 4.38. The molecule has 2 nitrogen and oxygen atoms in total. The minimum atomic E-state index is 0.751. The zero-order valence-electron chi connectivity index (χ0n) is 10.0. The van der Waals surface area contributed by atoms with E-state index in [1.807, 2.05) is 26.0 Å². The third kappa shape index (κ3) is 2.24. The lowest BCUT2D eigenvalue weighted by Crippen LogP contribution is -1.95. The summed E-state index contributed by atoms with van der Waals surface area (Å²) in [7, 11) is 0. The van der Waals surface area contributed by atoms with Crippen LogP contribution in [0.5, 0.6) is 0 Å². The molecule has 0 amide bonds. The zero-order chi connectivity index (χ0) is 12.6. The molecule has 17 heavy (non-hydrogen) atoms. The smallest absolute Gasteiger partial charge is 0.0485 e. The standard InChI is InChI=1S/C14H16N2S/c1-8(2)16-11-4-5-12-9(3)14(15)13(17)7-10(12)6-11/h4-7,16-17H,1,15H2,2-3H3. The minimum Gasteiger partial charge on any atom is -0.398 e. The molecule has 2 aromatic rings. The van der Waals surface area contributed by atoms with Gasteiger partial charge in [-0.25, -0.2) is 0 Å². The second-order valence-corrected chi connectivity index (χ2v) is 4.76. The predicted octanol–water partition coefficient (Wildman–Crippen LogP) is 3.96. The van der Waals surface area contributed by atoms with Crippen molar-refractivity contribution in [3.05, 3.63) is 42.1 Å². The normalized spacial score (nSPS) is 10.5. The Morgan fingerprint density at radius 1 is 1.35 bits per heavy atom. The highest BCUT2D eigenvalue weighted by atomic mass is 32.1. The van der Waals surface area contributed by atoms with Crippen LogP contribution in [0.3, 0.4) is 0 Å². The Hall–Kier alpha value is -1.61. The number of anilines is 2. The van der Waals surface area contributed by atoms with Crippen LogP contribution in [0.4, 0.5) is 11.4 Å². The number of hydrogen-bond acceptors (Lipinski definition) is 3. The van der Waals surface area contributed by atoms with Crippen LogP contribution >= 0.6 is 12.6 Å². The second kappa shape index (κ2) is 4.34. The number of thiol groups is 1. The summed E-state index contributed by atoms with van der Waals surface area (Å²) < 4.78 is 0. The van der Waals surface area contributed by atoms with Crippen LogP contribution in [0.2, 0.25) is 0 Å². The molecule has 0 heterocycles. The fourth-order valence-electron chi connectivity index (χ4n) is 1.91. The van der Waals surface area contributed by atoms with Crippen molar-refractivity contribution in [3.63, 3.8) is 0 Å². The van der Waals surface area contributed by atoms with Crippen molar-refractivity contribution < 1.29 is 0 Å². The number of fused-ring (bicyclic) bond motifs is 1. The molecular formula is C14H16N2S. The molecule has 3 N–H and O–H groups in total. The molecule has 0 saturated carbocycles. The Morgan fingerprint density at radius 3 is 2.71 bits per heavy atom. The van der Waals surface area contributed by atoms with Gasteiger partial charge < -0.3 is 11.1 Å². The number of benzene rings is 2. The molecule has 0 aliphatic carbocycles. The van der Waals surface area contributed by atoms with Crippen LogP contribution in [0, 0.1) is 6.92 Å². The number of nitrogens with one attached hydrogen (secondary N) is 1. The highest BCUT2D eigenvalue weighted by Gasteiger charge is 2.05. The van der Waals surface area contributed by atoms with Crippen molar-refractivity contribution in [2.75, 3.05) is 11.1 Å². The molecule has 2 rings (SSSR count). The van der Waals surface area contributed by atoms with E-state index in [0.29, 0.717) is 0 Å². The van der Waals surface area contributed by atoms with Crippen LogP contribution in [-0.4, -0.2) is 0 Å². The van der Waals surface area contributed by atoms with Crippen molar-refractivity contribution in [1.29, 1.82) is 0 Å². The molecule has 88 valence electrons. The van der Waals surface area contributed by atoms with Crippen molar-refractivity contribution in [1.82, 2.24) is 0 Å². The summed E-state index contributed by atoms with van der Waals surface area (Å²) in [6.07, 6.45) is 0. The van der Waals surface area contributed by atoms with E-state index in [1.54, 1.807) is 0 Å². The Kier molecular flexibility index (Phi) is 3.03. The topological polar surface area (TPSA) is 38.0 Å². The van der Waals surface area contributed by atoms with Crippen molar-refractivity contribution >= 4 is 34.8 Å². The molecule has 0 aliphatic heterocycles. The van der Waals surface area contributed by atoms with Gasteiger partial charge in [0.25, 0.3) is 0 Å². The third-order valence-corrected chi connectivity index (χ3v) is 3.16. The monoisotopic (exact) mass is 244 g/mol. The molecule has 3 heteroatoms. The molecule has 0 atom stereocenters. The van der Waals surface area contributed by atoms with Crippen LogP contribution in [0.25, 0.3) is 10.8 Å². The lowest BCUT2D eigenvalue weighted by molar-refractivity contribution is 1.39. The fourth-order valence-corrected chi connectivity index (χ4v) is 2.22. The van der Waals surface area contributed by atoms with Gasteiger partial charge in [0.05, 0.1) is 0 Å². The van der Waals surface area contributed by atoms with Gasteiger partial charge in [-0.15, -0.1) is 12.6 Å². The molecule has 0 aliphatic rings. The summed E-state index contributed by atoms with van der Waals surface area (Å²) in [5.41, 5.74) is 9.74. The van der Waals surface area contributed by atoms with Crippen LogP contribution in [0.1, 0.15) is 12.5 Å². The predicted molar refractivity (Wildman–Crippen MR) is 78.8 cm³/mol. The largest absolute Gasteiger partial charge is 0.398 e. The Labute approximate surface area is 107 Å². The third-order valence-electron chi connectivity index (χ3n) is 2.79. The Balaban J connectivity index is 2.62. The van der Waals surface area contributed by atoms with Gasteiger partial charge >= 0.3 is 0 Å². The molecule has 0 radical (unpaired) electrons. The van der Waals surface area contributed by atoms with Crippen molar-refractivity contribution in [2.45, 2.75) is 18.7 Å². The van der Waals surface area contributed by atoms with Crippen molar-refractivity contribution in [3.8, 4) is 0 Å². The molecular weight excluding hydrogens is 228 g/mol. The first-order valence-corrected chi connectivity index (χ1v) is 5.88. The van der Waals surface area contributed by atoms with Gasteiger partial charge in [0, 0.05) is 22.0 Å². The number of nitrogens with two attached hydrogens (primary N) is 1. The van der Waals surface area contributed by atoms with E-state index >= 15 is 0 Å². The summed E-state index contributed by atoms with van der Waals surface area (Å²) in [6, 6.07) is 8.17. The quantitative estimate of drug-likeness (QED) is 0.552. The molecule has 0 aromatic heterocycles. The van der Waals surface area contributed by atoms with Gasteiger partial charge in [-0.2, -0.15) is 0 Å². The maximum Gasteiger partial charge on any atom is 0.0485 e. The lowest BCUT2D eigenvalue weighted by Gasteiger charge is -2.11. The van der Waals surface area contributed by atoms with E-state index in [1.165, 1.54) is 0 Å². The summed E-state index contributed by atoms with van der Waals surface area (Å²) in [5, 5.41) is 5.49. The van der Waals surface area contributed by atoms with Gasteiger partial charge in [-0.1, -0.05) is 12.6 Å². The molecule has 0 spiro atoms. The molecule has 0 bridgehead atoms. The second-order valence-electron chi connectivity index (χ2n) is 4.28. The molecule has 0 saturated heterocycles. The first-order valence-electron chi connectivity index (χ1n) is 5.43. The van der Waals surface area contributed by atoms with E-state index in [4.69, 9.17) is 5.73 Å². The highest BCUT2D eigenvalue weighted by molar-refractivity contribution is 7.80. The fraction of sp³-hybridized carbons (Fsp3) is 0.143. The Bertz CT molecular complexity index is 603. The number of rotatable bonds is 2. The number of aryl methyl sites for hydroxylation is 1. The van der Waals surface area contributed by atoms with E-state index < -0.39 is 0 Å². The van der Waals surface area contributed by atoms with Crippen LogP contribution in [-0.2, 0) is 0 Å². The maximum atomic E-state index is 5.96. The van der Waals surface area contributed by atoms with Gasteiger partial charge in [0.2, 0.25) is 0 Å². The minimum absolute atomic E-state index is 0.751. The zero-order valence-corrected chi connectivity index (χ0v) is 10.9. The lowest BCUT2D eigenvalue weighted by atomic mass is 10.0. The number of hydrogen-bond donors (Lipinski definition) is 3.